The van der Waals surface area contributed by atoms with E-state index in [0.29, 0.717) is 18.5 Å². The van der Waals surface area contributed by atoms with Gasteiger partial charge in [0.25, 0.3) is 0 Å². The van der Waals surface area contributed by atoms with Gasteiger partial charge in [0.05, 0.1) is 23.3 Å². The van der Waals surface area contributed by atoms with Crippen LogP contribution in [0.5, 0.6) is 0 Å². The predicted octanol–water partition coefficient (Wildman–Crippen LogP) is 2.64. The van der Waals surface area contributed by atoms with E-state index in [1.165, 1.54) is 18.1 Å². The van der Waals surface area contributed by atoms with Gasteiger partial charge in [-0.25, -0.2) is 4.79 Å². The number of hydrogen-bond acceptors (Lipinski definition) is 4. The van der Waals surface area contributed by atoms with Gasteiger partial charge in [0.1, 0.15) is 0 Å². The van der Waals surface area contributed by atoms with E-state index in [4.69, 9.17) is 0 Å². The van der Waals surface area contributed by atoms with Crippen molar-refractivity contribution in [2.24, 2.45) is 0 Å². The Labute approximate surface area is 108 Å². The number of carbonyl (C=O) groups is 1. The van der Waals surface area contributed by atoms with Crippen molar-refractivity contribution in [3.8, 4) is 0 Å². The van der Waals surface area contributed by atoms with Crippen molar-refractivity contribution in [1.82, 2.24) is 0 Å². The van der Waals surface area contributed by atoms with E-state index in [1.54, 1.807) is 0 Å². The van der Waals surface area contributed by atoms with Crippen LogP contribution in [0, 0.1) is 15.9 Å². The summed E-state index contributed by atoms with van der Waals surface area (Å²) in [7, 11) is 1.24. The van der Waals surface area contributed by atoms with E-state index >= 15 is 0 Å². The quantitative estimate of drug-likeness (QED) is 0.579. The van der Waals surface area contributed by atoms with Crippen LogP contribution < -0.4 is 4.90 Å². The molecule has 1 aromatic rings. The minimum absolute atomic E-state index is 0.148. The second-order valence-corrected chi connectivity index (χ2v) is 4.38. The molecule has 0 saturated carbocycles. The maximum absolute atomic E-state index is 13.6. The summed E-state index contributed by atoms with van der Waals surface area (Å²) in [5.41, 5.74) is 0.0329. The highest BCUT2D eigenvalue weighted by Crippen LogP contribution is 2.38. The van der Waals surface area contributed by atoms with Crippen molar-refractivity contribution in [3.05, 3.63) is 33.6 Å². The number of anilines is 1. The van der Waals surface area contributed by atoms with Gasteiger partial charge in [-0.05, 0) is 31.9 Å². The van der Waals surface area contributed by atoms with Crippen LogP contribution in [0.2, 0.25) is 0 Å². The Balaban J connectivity index is 2.61. The Morgan fingerprint density at radius 2 is 2.26 bits per heavy atom. The molecule has 0 aliphatic carbocycles. The average molecular weight is 268 g/mol. The van der Waals surface area contributed by atoms with Gasteiger partial charge in [-0.2, -0.15) is 4.39 Å². The lowest BCUT2D eigenvalue weighted by atomic mass is 9.95. The van der Waals surface area contributed by atoms with Crippen molar-refractivity contribution in [2.75, 3.05) is 12.0 Å². The molecule has 0 saturated heterocycles. The van der Waals surface area contributed by atoms with Crippen LogP contribution in [0.25, 0.3) is 0 Å². The lowest BCUT2D eigenvalue weighted by Crippen LogP contribution is -2.42. The van der Waals surface area contributed by atoms with Gasteiger partial charge in [0.2, 0.25) is 5.82 Å². The van der Waals surface area contributed by atoms with E-state index in [2.05, 4.69) is 4.74 Å². The predicted molar refractivity (Wildman–Crippen MR) is 65.7 cm³/mol. The Morgan fingerprint density at radius 1 is 1.58 bits per heavy atom. The third-order valence-corrected chi connectivity index (χ3v) is 3.28. The molecule has 0 unspecified atom stereocenters. The van der Waals surface area contributed by atoms with E-state index in [9.17, 15) is 19.3 Å². The molecule has 0 radical (unpaired) electrons. The highest BCUT2D eigenvalue weighted by atomic mass is 19.1. The van der Waals surface area contributed by atoms with Gasteiger partial charge < -0.3 is 4.74 Å². The number of hydrogen-bond donors (Lipinski definition) is 0. The number of rotatable bonds is 1. The molecule has 19 heavy (non-hydrogen) atoms. The molecule has 6 nitrogen and oxygen atoms in total. The molecule has 0 aromatic heterocycles. The minimum atomic E-state index is -0.886. The lowest BCUT2D eigenvalue weighted by Gasteiger charge is -2.33. The highest BCUT2D eigenvalue weighted by molar-refractivity contribution is 5.90. The molecular weight excluding hydrogens is 255 g/mol. The largest absolute Gasteiger partial charge is 0.452 e. The van der Waals surface area contributed by atoms with E-state index in [-0.39, 0.29) is 11.6 Å². The standard InChI is InChI=1S/C12H13FN2O4/c1-7-3-4-8-10(14(7)12(16)19-2)6-5-9(13)11(8)15(17)18/h5-7H,3-4H2,1-2H3/t7-/m0/s1. The monoisotopic (exact) mass is 268 g/mol. The van der Waals surface area contributed by atoms with Crippen molar-refractivity contribution in [1.29, 1.82) is 0 Å². The number of nitrogens with zero attached hydrogens (tertiary/aromatic N) is 2. The molecule has 1 aromatic carbocycles. The zero-order valence-electron chi connectivity index (χ0n) is 10.6. The molecule has 0 fully saturated rings. The third-order valence-electron chi connectivity index (χ3n) is 3.28. The summed E-state index contributed by atoms with van der Waals surface area (Å²) < 4.78 is 18.2. The van der Waals surface area contributed by atoms with Crippen LogP contribution in [-0.2, 0) is 11.2 Å². The fourth-order valence-corrected chi connectivity index (χ4v) is 2.36. The molecule has 0 spiro atoms. The number of methoxy groups -OCH3 is 1. The van der Waals surface area contributed by atoms with E-state index < -0.39 is 22.5 Å². The molecule has 1 amide bonds. The SMILES string of the molecule is COC(=O)N1c2ccc(F)c([N+](=O)[O-])c2CC[C@@H]1C. The number of benzene rings is 1. The molecule has 1 aliphatic rings. The average Bonchev–Trinajstić information content (AvgIpc) is 2.37. The zero-order valence-corrected chi connectivity index (χ0v) is 10.6. The first-order valence-electron chi connectivity index (χ1n) is 5.80. The second kappa shape index (κ2) is 4.83. The van der Waals surface area contributed by atoms with Crippen LogP contribution in [0.1, 0.15) is 18.9 Å². The van der Waals surface area contributed by atoms with Gasteiger partial charge >= 0.3 is 11.8 Å². The van der Waals surface area contributed by atoms with Gasteiger partial charge in [-0.15, -0.1) is 0 Å². The van der Waals surface area contributed by atoms with Crippen molar-refractivity contribution in [2.45, 2.75) is 25.8 Å². The van der Waals surface area contributed by atoms with Crippen molar-refractivity contribution in [3.63, 3.8) is 0 Å². The molecule has 1 atom stereocenters. The van der Waals surface area contributed by atoms with Crippen LogP contribution >= 0.6 is 0 Å². The number of fused-ring (bicyclic) bond motifs is 1. The highest BCUT2D eigenvalue weighted by Gasteiger charge is 2.34. The number of halogens is 1. The van der Waals surface area contributed by atoms with Crippen LogP contribution in [0.15, 0.2) is 12.1 Å². The summed E-state index contributed by atoms with van der Waals surface area (Å²) in [6.07, 6.45) is 0.277. The molecule has 1 aliphatic heterocycles. The summed E-state index contributed by atoms with van der Waals surface area (Å²) in [6.45, 7) is 1.81. The summed E-state index contributed by atoms with van der Waals surface area (Å²) >= 11 is 0. The van der Waals surface area contributed by atoms with Gasteiger partial charge in [-0.1, -0.05) is 0 Å². The zero-order chi connectivity index (χ0) is 14.2. The summed E-state index contributed by atoms with van der Waals surface area (Å²) in [5.74, 6) is -0.886. The number of nitro benzene ring substituents is 1. The van der Waals surface area contributed by atoms with Gasteiger partial charge in [0, 0.05) is 6.04 Å². The van der Waals surface area contributed by atoms with Gasteiger partial charge in [-0.3, -0.25) is 15.0 Å². The van der Waals surface area contributed by atoms with Crippen LogP contribution in [-0.4, -0.2) is 24.2 Å². The van der Waals surface area contributed by atoms with Gasteiger partial charge in [0.15, 0.2) is 0 Å². The Kier molecular flexibility index (Phi) is 3.37. The Morgan fingerprint density at radius 3 is 2.84 bits per heavy atom. The normalized spacial score (nSPS) is 17.8. The molecular formula is C12H13FN2O4. The smallest absolute Gasteiger partial charge is 0.414 e. The van der Waals surface area contributed by atoms with E-state index in [0.717, 1.165) is 6.07 Å². The molecule has 0 N–H and O–H groups in total. The maximum Gasteiger partial charge on any atom is 0.414 e. The second-order valence-electron chi connectivity index (χ2n) is 4.38. The fraction of sp³-hybridized carbons (Fsp3) is 0.417. The molecule has 102 valence electrons. The fourth-order valence-electron chi connectivity index (χ4n) is 2.36. The lowest BCUT2D eigenvalue weighted by molar-refractivity contribution is -0.388. The number of ether oxygens (including phenoxy) is 1. The minimum Gasteiger partial charge on any atom is -0.452 e. The first kappa shape index (κ1) is 13.3. The summed E-state index contributed by atoms with van der Waals surface area (Å²) in [4.78, 5) is 23.3. The molecule has 1 heterocycles. The summed E-state index contributed by atoms with van der Waals surface area (Å²) in [6, 6.07) is 2.24. The maximum atomic E-state index is 13.6. The number of carbonyl (C=O) groups excluding carboxylic acids is 1. The molecule has 7 heteroatoms. The first-order chi connectivity index (χ1) is 8.97. The topological polar surface area (TPSA) is 72.7 Å². The Bertz CT molecular complexity index is 547. The molecule has 0 bridgehead atoms. The van der Waals surface area contributed by atoms with Crippen LogP contribution in [0.3, 0.4) is 0 Å². The van der Waals surface area contributed by atoms with E-state index in [1.807, 2.05) is 6.92 Å². The summed E-state index contributed by atoms with van der Waals surface area (Å²) in [5, 5.41) is 11.0. The number of nitro groups is 1. The first-order valence-corrected chi connectivity index (χ1v) is 5.80. The number of amides is 1. The molecule has 2 rings (SSSR count). The van der Waals surface area contributed by atoms with Crippen molar-refractivity contribution < 1.29 is 18.8 Å². The van der Waals surface area contributed by atoms with Crippen LogP contribution in [0.4, 0.5) is 20.6 Å². The van der Waals surface area contributed by atoms with Crippen molar-refractivity contribution >= 4 is 17.5 Å². The third kappa shape index (κ3) is 2.11. The Hall–Kier alpha value is -2.18.